The maximum Gasteiger partial charge on any atom is 0.222 e. The number of likely N-dealkylation sites (N-methyl/N-ethyl adjacent to an activating group) is 1. The molecule has 3 N–H and O–H groups in total. The highest BCUT2D eigenvalue weighted by atomic mass is 35.5. The molecule has 1 aliphatic rings. The second kappa shape index (κ2) is 7.92. The third-order valence-electron chi connectivity index (χ3n) is 3.53. The van der Waals surface area contributed by atoms with Crippen LogP contribution in [0.5, 0.6) is 0 Å². The van der Waals surface area contributed by atoms with Gasteiger partial charge in [0.1, 0.15) is 11.1 Å². The number of rotatable bonds is 6. The Kier molecular flexibility index (Phi) is 6.19. The standard InChI is InChI=1S/C14H24ClN5O2/c1-9-12(15)13(19-14(16)17-9)18-10-4-6-21-8-11(10)22-7-5-20(2)3/h10-11H,4-8H2,1-3H3,(H3,16,17,18,19)/t10-,11-/m1/s1. The van der Waals surface area contributed by atoms with Crippen LogP contribution in [0.2, 0.25) is 5.02 Å². The van der Waals surface area contributed by atoms with Crippen molar-refractivity contribution in [2.45, 2.75) is 25.5 Å². The number of anilines is 2. The molecule has 8 heteroatoms. The molecule has 1 aromatic rings. The fourth-order valence-electron chi connectivity index (χ4n) is 2.28. The number of ether oxygens (including phenoxy) is 2. The first-order valence-corrected chi connectivity index (χ1v) is 7.75. The molecule has 0 unspecified atom stereocenters. The first-order chi connectivity index (χ1) is 10.5. The van der Waals surface area contributed by atoms with Crippen molar-refractivity contribution in [1.82, 2.24) is 14.9 Å². The summed E-state index contributed by atoms with van der Waals surface area (Å²) in [6.45, 7) is 4.56. The van der Waals surface area contributed by atoms with Crippen molar-refractivity contribution in [3.05, 3.63) is 10.7 Å². The van der Waals surface area contributed by atoms with Crippen LogP contribution in [0.4, 0.5) is 11.8 Å². The van der Waals surface area contributed by atoms with Gasteiger partial charge in [-0.2, -0.15) is 4.98 Å². The number of aryl methyl sites for hydroxylation is 1. The van der Waals surface area contributed by atoms with Crippen LogP contribution < -0.4 is 11.1 Å². The topological polar surface area (TPSA) is 85.5 Å². The van der Waals surface area contributed by atoms with E-state index in [1.54, 1.807) is 6.92 Å². The van der Waals surface area contributed by atoms with E-state index in [9.17, 15) is 0 Å². The number of nitrogens with two attached hydrogens (primary N) is 1. The van der Waals surface area contributed by atoms with Crippen LogP contribution in [0.3, 0.4) is 0 Å². The smallest absolute Gasteiger partial charge is 0.222 e. The van der Waals surface area contributed by atoms with Crippen LogP contribution in [-0.4, -0.2) is 67.5 Å². The van der Waals surface area contributed by atoms with Gasteiger partial charge in [0, 0.05) is 13.2 Å². The van der Waals surface area contributed by atoms with Gasteiger partial charge in [0.05, 0.1) is 24.9 Å². The lowest BCUT2D eigenvalue weighted by Crippen LogP contribution is -2.44. The third-order valence-corrected chi connectivity index (χ3v) is 3.98. The molecule has 7 nitrogen and oxygen atoms in total. The molecular formula is C14H24ClN5O2. The normalized spacial score (nSPS) is 22.0. The average Bonchev–Trinajstić information content (AvgIpc) is 2.45. The number of hydrogen-bond acceptors (Lipinski definition) is 7. The van der Waals surface area contributed by atoms with E-state index in [1.807, 2.05) is 14.1 Å². The van der Waals surface area contributed by atoms with Crippen LogP contribution in [0.15, 0.2) is 0 Å². The van der Waals surface area contributed by atoms with Gasteiger partial charge in [0.2, 0.25) is 5.95 Å². The van der Waals surface area contributed by atoms with Crippen molar-refractivity contribution < 1.29 is 9.47 Å². The summed E-state index contributed by atoms with van der Waals surface area (Å²) in [6, 6.07) is 0.0853. The number of nitrogen functional groups attached to an aromatic ring is 1. The van der Waals surface area contributed by atoms with Gasteiger partial charge >= 0.3 is 0 Å². The Hall–Kier alpha value is -1.15. The molecule has 1 aliphatic heterocycles. The van der Waals surface area contributed by atoms with Gasteiger partial charge in [-0.15, -0.1) is 0 Å². The molecule has 0 bridgehead atoms. The fourth-order valence-corrected chi connectivity index (χ4v) is 2.42. The van der Waals surface area contributed by atoms with E-state index in [0.717, 1.165) is 13.0 Å². The molecule has 0 aromatic carbocycles. The summed E-state index contributed by atoms with van der Waals surface area (Å²) in [6.07, 6.45) is 0.785. The van der Waals surface area contributed by atoms with Crippen LogP contribution in [0.25, 0.3) is 0 Å². The van der Waals surface area contributed by atoms with Crippen molar-refractivity contribution in [1.29, 1.82) is 0 Å². The molecule has 0 radical (unpaired) electrons. The quantitative estimate of drug-likeness (QED) is 0.810. The van der Waals surface area contributed by atoms with Crippen molar-refractivity contribution in [2.24, 2.45) is 0 Å². The van der Waals surface area contributed by atoms with Gasteiger partial charge < -0.3 is 25.4 Å². The SMILES string of the molecule is Cc1nc(N)nc(N[C@@H]2CCOC[C@H]2OCCN(C)C)c1Cl. The summed E-state index contributed by atoms with van der Waals surface area (Å²) in [5, 5.41) is 3.83. The largest absolute Gasteiger partial charge is 0.379 e. The Morgan fingerprint density at radius 2 is 2.23 bits per heavy atom. The number of aromatic nitrogens is 2. The van der Waals surface area contributed by atoms with Gasteiger partial charge in [-0.3, -0.25) is 0 Å². The van der Waals surface area contributed by atoms with Crippen molar-refractivity contribution in [2.75, 3.05) is 51.5 Å². The van der Waals surface area contributed by atoms with Crippen LogP contribution in [0.1, 0.15) is 12.1 Å². The van der Waals surface area contributed by atoms with Crippen molar-refractivity contribution in [3.63, 3.8) is 0 Å². The summed E-state index contributed by atoms with van der Waals surface area (Å²) in [5.41, 5.74) is 6.36. The number of nitrogens with one attached hydrogen (secondary N) is 1. The average molecular weight is 330 g/mol. The minimum Gasteiger partial charge on any atom is -0.379 e. The van der Waals surface area contributed by atoms with E-state index in [-0.39, 0.29) is 18.1 Å². The lowest BCUT2D eigenvalue weighted by atomic mass is 10.1. The maximum absolute atomic E-state index is 6.26. The van der Waals surface area contributed by atoms with E-state index < -0.39 is 0 Å². The van der Waals surface area contributed by atoms with E-state index in [4.69, 9.17) is 26.8 Å². The monoisotopic (exact) mass is 329 g/mol. The molecule has 1 aromatic heterocycles. The van der Waals surface area contributed by atoms with Crippen LogP contribution in [0, 0.1) is 6.92 Å². The molecule has 0 spiro atoms. The summed E-state index contributed by atoms with van der Waals surface area (Å²) >= 11 is 6.26. The zero-order valence-corrected chi connectivity index (χ0v) is 14.1. The lowest BCUT2D eigenvalue weighted by molar-refractivity contribution is -0.0592. The fraction of sp³-hybridized carbons (Fsp3) is 0.714. The molecule has 22 heavy (non-hydrogen) atoms. The van der Waals surface area contributed by atoms with Crippen molar-refractivity contribution >= 4 is 23.4 Å². The zero-order chi connectivity index (χ0) is 16.1. The zero-order valence-electron chi connectivity index (χ0n) is 13.3. The van der Waals surface area contributed by atoms with Crippen LogP contribution in [-0.2, 0) is 9.47 Å². The molecule has 124 valence electrons. The van der Waals surface area contributed by atoms with E-state index in [2.05, 4.69) is 20.2 Å². The summed E-state index contributed by atoms with van der Waals surface area (Å²) in [5.74, 6) is 0.765. The molecule has 0 amide bonds. The van der Waals surface area contributed by atoms with Gasteiger partial charge in [0.25, 0.3) is 0 Å². The second-order valence-electron chi connectivity index (χ2n) is 5.66. The van der Waals surface area contributed by atoms with Gasteiger partial charge in [-0.05, 0) is 27.4 Å². The summed E-state index contributed by atoms with van der Waals surface area (Å²) < 4.78 is 11.4. The Balaban J connectivity index is 2.02. The Morgan fingerprint density at radius 1 is 1.45 bits per heavy atom. The molecule has 2 rings (SSSR count). The second-order valence-corrected chi connectivity index (χ2v) is 6.03. The number of nitrogens with zero attached hydrogens (tertiary/aromatic N) is 3. The Bertz CT molecular complexity index is 500. The Labute approximate surface area is 136 Å². The van der Waals surface area contributed by atoms with E-state index in [0.29, 0.717) is 36.4 Å². The minimum atomic E-state index is -0.0405. The highest BCUT2D eigenvalue weighted by Crippen LogP contribution is 2.26. The van der Waals surface area contributed by atoms with E-state index in [1.165, 1.54) is 0 Å². The van der Waals surface area contributed by atoms with Gasteiger partial charge in [0.15, 0.2) is 5.82 Å². The highest BCUT2D eigenvalue weighted by Gasteiger charge is 2.27. The summed E-state index contributed by atoms with van der Waals surface area (Å²) in [4.78, 5) is 10.3. The molecule has 1 saturated heterocycles. The lowest BCUT2D eigenvalue weighted by Gasteiger charge is -2.33. The predicted molar refractivity (Wildman–Crippen MR) is 87.3 cm³/mol. The highest BCUT2D eigenvalue weighted by molar-refractivity contribution is 6.33. The maximum atomic E-state index is 6.26. The molecule has 0 saturated carbocycles. The number of halogens is 1. The third kappa shape index (κ3) is 4.67. The molecule has 2 atom stereocenters. The minimum absolute atomic E-state index is 0.0405. The molecule has 0 aliphatic carbocycles. The molecular weight excluding hydrogens is 306 g/mol. The van der Waals surface area contributed by atoms with Gasteiger partial charge in [-0.1, -0.05) is 11.6 Å². The first kappa shape index (κ1) is 17.2. The summed E-state index contributed by atoms with van der Waals surface area (Å²) in [7, 11) is 4.03. The number of hydrogen-bond donors (Lipinski definition) is 2. The van der Waals surface area contributed by atoms with Gasteiger partial charge in [-0.25, -0.2) is 4.98 Å². The first-order valence-electron chi connectivity index (χ1n) is 7.37. The van der Waals surface area contributed by atoms with Crippen LogP contribution >= 0.6 is 11.6 Å². The predicted octanol–water partition coefficient (Wildman–Crippen LogP) is 1.17. The van der Waals surface area contributed by atoms with E-state index >= 15 is 0 Å². The Morgan fingerprint density at radius 3 is 2.95 bits per heavy atom. The molecule has 2 heterocycles. The van der Waals surface area contributed by atoms with Crippen molar-refractivity contribution in [3.8, 4) is 0 Å². The molecule has 1 fully saturated rings.